The molecule has 0 aliphatic rings. The Hall–Kier alpha value is -1.64. The molecule has 0 heterocycles. The van der Waals surface area contributed by atoms with Gasteiger partial charge in [0.2, 0.25) is 0 Å². The molecule has 0 aromatic heterocycles. The molecule has 0 unspecified atom stereocenters. The van der Waals surface area contributed by atoms with Crippen LogP contribution in [0.4, 0.5) is 0 Å². The predicted molar refractivity (Wildman–Crippen MR) is 65.5 cm³/mol. The summed E-state index contributed by atoms with van der Waals surface area (Å²) >= 11 is 0. The Bertz CT molecular complexity index is 384. The molecule has 0 aliphatic carbocycles. The summed E-state index contributed by atoms with van der Waals surface area (Å²) in [5.74, 6) is -0.583. The van der Waals surface area contributed by atoms with E-state index in [0.29, 0.717) is 6.42 Å². The minimum absolute atomic E-state index is 0.0441. The highest BCUT2D eigenvalue weighted by Gasteiger charge is 2.24. The standard InChI is InChI=1S/C14H18O3/c1-10(15)14(11(2)17-12(3)16)9-13-7-5-4-6-8-13/h4-8,11,14H,9H2,1-3H3/t11-,14+/m1/s1. The molecule has 0 bridgehead atoms. The van der Waals surface area contributed by atoms with Crippen LogP contribution in [0.5, 0.6) is 0 Å². The van der Waals surface area contributed by atoms with E-state index in [-0.39, 0.29) is 23.8 Å². The zero-order valence-electron chi connectivity index (χ0n) is 10.5. The Balaban J connectivity index is 2.73. The van der Waals surface area contributed by atoms with E-state index < -0.39 is 0 Å². The lowest BCUT2D eigenvalue weighted by atomic mass is 9.91. The molecular weight excluding hydrogens is 216 g/mol. The normalized spacial score (nSPS) is 13.8. The number of rotatable bonds is 5. The number of hydrogen-bond acceptors (Lipinski definition) is 3. The lowest BCUT2D eigenvalue weighted by Crippen LogP contribution is -2.30. The van der Waals surface area contributed by atoms with Crippen molar-refractivity contribution in [2.45, 2.75) is 33.3 Å². The van der Waals surface area contributed by atoms with Crippen LogP contribution in [-0.4, -0.2) is 17.9 Å². The second-order valence-corrected chi connectivity index (χ2v) is 4.22. The molecule has 0 amide bonds. The molecule has 1 aromatic rings. The van der Waals surface area contributed by atoms with Crippen molar-refractivity contribution in [2.24, 2.45) is 5.92 Å². The summed E-state index contributed by atoms with van der Waals surface area (Å²) in [4.78, 5) is 22.5. The highest BCUT2D eigenvalue weighted by atomic mass is 16.5. The fraction of sp³-hybridized carbons (Fsp3) is 0.429. The van der Waals surface area contributed by atoms with Crippen molar-refractivity contribution in [1.29, 1.82) is 0 Å². The number of carbonyl (C=O) groups is 2. The monoisotopic (exact) mass is 234 g/mol. The first-order valence-electron chi connectivity index (χ1n) is 5.72. The van der Waals surface area contributed by atoms with Gasteiger partial charge in [-0.05, 0) is 25.8 Å². The van der Waals surface area contributed by atoms with Gasteiger partial charge in [-0.3, -0.25) is 9.59 Å². The molecule has 2 atom stereocenters. The van der Waals surface area contributed by atoms with Gasteiger partial charge < -0.3 is 4.74 Å². The van der Waals surface area contributed by atoms with Crippen molar-refractivity contribution in [3.8, 4) is 0 Å². The number of ether oxygens (including phenoxy) is 1. The SMILES string of the molecule is CC(=O)O[C@H](C)[C@@H](Cc1ccccc1)C(C)=O. The molecule has 0 aliphatic heterocycles. The molecule has 0 saturated heterocycles. The Morgan fingerprint density at radius 1 is 1.18 bits per heavy atom. The Kier molecular flexibility index (Phi) is 4.88. The first-order chi connectivity index (χ1) is 8.00. The Morgan fingerprint density at radius 2 is 1.76 bits per heavy atom. The average Bonchev–Trinajstić information content (AvgIpc) is 2.25. The number of ketones is 1. The minimum Gasteiger partial charge on any atom is -0.462 e. The van der Waals surface area contributed by atoms with E-state index in [1.54, 1.807) is 6.92 Å². The summed E-state index contributed by atoms with van der Waals surface area (Å²) in [6.45, 7) is 4.65. The van der Waals surface area contributed by atoms with Crippen LogP contribution in [0.3, 0.4) is 0 Å². The van der Waals surface area contributed by atoms with Crippen LogP contribution in [0.25, 0.3) is 0 Å². The van der Waals surface area contributed by atoms with Crippen molar-refractivity contribution in [2.75, 3.05) is 0 Å². The molecule has 0 fully saturated rings. The van der Waals surface area contributed by atoms with E-state index in [2.05, 4.69) is 0 Å². The van der Waals surface area contributed by atoms with Crippen molar-refractivity contribution in [3.05, 3.63) is 35.9 Å². The second kappa shape index (κ2) is 6.18. The van der Waals surface area contributed by atoms with Gasteiger partial charge in [0.25, 0.3) is 0 Å². The maximum Gasteiger partial charge on any atom is 0.302 e. The second-order valence-electron chi connectivity index (χ2n) is 4.22. The average molecular weight is 234 g/mol. The fourth-order valence-electron chi connectivity index (χ4n) is 1.85. The molecule has 3 heteroatoms. The van der Waals surface area contributed by atoms with E-state index in [4.69, 9.17) is 4.74 Å². The van der Waals surface area contributed by atoms with Crippen molar-refractivity contribution in [3.63, 3.8) is 0 Å². The number of carbonyl (C=O) groups excluding carboxylic acids is 2. The van der Waals surface area contributed by atoms with Crippen molar-refractivity contribution in [1.82, 2.24) is 0 Å². The first-order valence-corrected chi connectivity index (χ1v) is 5.72. The van der Waals surface area contributed by atoms with Crippen molar-refractivity contribution >= 4 is 11.8 Å². The topological polar surface area (TPSA) is 43.4 Å². The number of benzene rings is 1. The summed E-state index contributed by atoms with van der Waals surface area (Å²) in [6, 6.07) is 9.74. The van der Waals surface area contributed by atoms with Crippen LogP contribution in [0.15, 0.2) is 30.3 Å². The molecule has 17 heavy (non-hydrogen) atoms. The number of esters is 1. The van der Waals surface area contributed by atoms with E-state index in [1.807, 2.05) is 30.3 Å². The minimum atomic E-state index is -0.384. The van der Waals surface area contributed by atoms with Gasteiger partial charge in [0, 0.05) is 6.92 Å². The van der Waals surface area contributed by atoms with Gasteiger partial charge in [-0.2, -0.15) is 0 Å². The Labute approximate surface area is 102 Å². The van der Waals surface area contributed by atoms with E-state index in [0.717, 1.165) is 5.56 Å². The molecule has 1 rings (SSSR count). The van der Waals surface area contributed by atoms with Crippen LogP contribution >= 0.6 is 0 Å². The van der Waals surface area contributed by atoms with E-state index in [9.17, 15) is 9.59 Å². The summed E-state index contributed by atoms with van der Waals surface area (Å²) in [5.41, 5.74) is 1.08. The fourth-order valence-corrected chi connectivity index (χ4v) is 1.85. The summed E-state index contributed by atoms with van der Waals surface area (Å²) in [5, 5.41) is 0. The third-order valence-corrected chi connectivity index (χ3v) is 2.74. The number of Topliss-reactive ketones (excluding diaryl/α,β-unsaturated/α-hetero) is 1. The lowest BCUT2D eigenvalue weighted by Gasteiger charge is -2.21. The maximum absolute atomic E-state index is 11.6. The molecule has 0 spiro atoms. The van der Waals surface area contributed by atoms with Gasteiger partial charge in [0.15, 0.2) is 0 Å². The van der Waals surface area contributed by atoms with Gasteiger partial charge in [-0.15, -0.1) is 0 Å². The maximum atomic E-state index is 11.6. The van der Waals surface area contributed by atoms with Gasteiger partial charge in [0.1, 0.15) is 11.9 Å². The van der Waals surface area contributed by atoms with E-state index >= 15 is 0 Å². The van der Waals surface area contributed by atoms with Gasteiger partial charge in [0.05, 0.1) is 5.92 Å². The van der Waals surface area contributed by atoms with Gasteiger partial charge in [-0.25, -0.2) is 0 Å². The molecule has 0 radical (unpaired) electrons. The summed E-state index contributed by atoms with van der Waals surface area (Å²) in [6.07, 6.45) is 0.218. The van der Waals surface area contributed by atoms with Crippen LogP contribution in [-0.2, 0) is 20.7 Å². The van der Waals surface area contributed by atoms with Gasteiger partial charge >= 0.3 is 5.97 Å². The van der Waals surface area contributed by atoms with Crippen LogP contribution in [0, 0.1) is 5.92 Å². The molecule has 1 aromatic carbocycles. The smallest absolute Gasteiger partial charge is 0.302 e. The zero-order valence-corrected chi connectivity index (χ0v) is 10.5. The lowest BCUT2D eigenvalue weighted by molar-refractivity contribution is -0.149. The Morgan fingerprint density at radius 3 is 2.24 bits per heavy atom. The first kappa shape index (κ1) is 13.4. The third kappa shape index (κ3) is 4.39. The molecule has 0 saturated carbocycles. The summed E-state index contributed by atoms with van der Waals surface area (Å²) in [7, 11) is 0. The summed E-state index contributed by atoms with van der Waals surface area (Å²) < 4.78 is 5.09. The van der Waals surface area contributed by atoms with Crippen LogP contribution in [0.1, 0.15) is 26.3 Å². The number of hydrogen-bond donors (Lipinski definition) is 0. The predicted octanol–water partition coefficient (Wildman–Crippen LogP) is 2.39. The van der Waals surface area contributed by atoms with Gasteiger partial charge in [-0.1, -0.05) is 30.3 Å². The van der Waals surface area contributed by atoms with Crippen molar-refractivity contribution < 1.29 is 14.3 Å². The zero-order chi connectivity index (χ0) is 12.8. The molecular formula is C14H18O3. The van der Waals surface area contributed by atoms with Crippen LogP contribution < -0.4 is 0 Å². The largest absolute Gasteiger partial charge is 0.462 e. The highest BCUT2D eigenvalue weighted by molar-refractivity contribution is 5.79. The molecule has 92 valence electrons. The highest BCUT2D eigenvalue weighted by Crippen LogP contribution is 2.16. The molecule has 3 nitrogen and oxygen atoms in total. The quantitative estimate of drug-likeness (QED) is 0.735. The van der Waals surface area contributed by atoms with Crippen LogP contribution in [0.2, 0.25) is 0 Å². The third-order valence-electron chi connectivity index (χ3n) is 2.74. The molecule has 0 N–H and O–H groups in total. The van der Waals surface area contributed by atoms with E-state index in [1.165, 1.54) is 13.8 Å².